The highest BCUT2D eigenvalue weighted by molar-refractivity contribution is 9.09. The molecule has 0 N–H and O–H groups in total. The number of ketones is 1. The van der Waals surface area contributed by atoms with Crippen LogP contribution in [0.4, 0.5) is 4.39 Å². The third-order valence-corrected chi connectivity index (χ3v) is 3.62. The summed E-state index contributed by atoms with van der Waals surface area (Å²) in [6.45, 7) is 4.67. The Morgan fingerprint density at radius 2 is 2.10 bits per heavy atom. The van der Waals surface area contributed by atoms with Gasteiger partial charge < -0.3 is 14.2 Å². The van der Waals surface area contributed by atoms with E-state index in [0.717, 1.165) is 5.33 Å². The first-order valence-electron chi connectivity index (χ1n) is 6.99. The maximum atomic E-state index is 14.3. The molecule has 0 heterocycles. The van der Waals surface area contributed by atoms with Gasteiger partial charge in [-0.05, 0) is 6.92 Å². The number of hydrogen-bond acceptors (Lipinski definition) is 4. The molecule has 0 radical (unpaired) electrons. The number of alkyl halides is 1. The first-order valence-corrected chi connectivity index (χ1v) is 8.11. The normalized spacial score (nSPS) is 19.2. The van der Waals surface area contributed by atoms with E-state index in [1.54, 1.807) is 13.8 Å². The lowest BCUT2D eigenvalue weighted by molar-refractivity contribution is -0.115. The van der Waals surface area contributed by atoms with Crippen LogP contribution in [0.15, 0.2) is 22.7 Å². The number of halogens is 2. The lowest BCUT2D eigenvalue weighted by Gasteiger charge is -2.27. The van der Waals surface area contributed by atoms with Crippen LogP contribution in [0, 0.1) is 0 Å². The molecule has 0 saturated heterocycles. The van der Waals surface area contributed by atoms with E-state index >= 15 is 0 Å². The molecule has 4 nitrogen and oxygen atoms in total. The van der Waals surface area contributed by atoms with Gasteiger partial charge in [0.25, 0.3) is 0 Å². The SMILES string of the molecule is CCC(=O)C1=C(F)C(C)=C(OCCOCCBr)C(OC)C1. The number of carbonyl (C=O) groups excluding carboxylic acids is 1. The predicted molar refractivity (Wildman–Crippen MR) is 82.1 cm³/mol. The highest BCUT2D eigenvalue weighted by Gasteiger charge is 2.31. The summed E-state index contributed by atoms with van der Waals surface area (Å²) < 4.78 is 30.5. The molecule has 0 aromatic heterocycles. The molecule has 0 spiro atoms. The Kier molecular flexibility index (Phi) is 8.14. The molecule has 1 aliphatic carbocycles. The van der Waals surface area contributed by atoms with Crippen LogP contribution in [0.1, 0.15) is 26.7 Å². The monoisotopic (exact) mass is 364 g/mol. The highest BCUT2D eigenvalue weighted by atomic mass is 79.9. The zero-order chi connectivity index (χ0) is 15.8. The molecule has 21 heavy (non-hydrogen) atoms. The van der Waals surface area contributed by atoms with Crippen LogP contribution in [0.3, 0.4) is 0 Å². The number of hydrogen-bond donors (Lipinski definition) is 0. The first kappa shape index (κ1) is 18.3. The molecule has 0 aliphatic heterocycles. The number of allylic oxidation sites excluding steroid dienone is 2. The van der Waals surface area contributed by atoms with Crippen LogP contribution in [0.2, 0.25) is 0 Å². The van der Waals surface area contributed by atoms with Gasteiger partial charge in [-0.15, -0.1) is 0 Å². The van der Waals surface area contributed by atoms with Crippen molar-refractivity contribution >= 4 is 21.7 Å². The van der Waals surface area contributed by atoms with Crippen molar-refractivity contribution in [2.45, 2.75) is 32.8 Å². The second-order valence-electron chi connectivity index (χ2n) is 4.64. The van der Waals surface area contributed by atoms with E-state index in [4.69, 9.17) is 14.2 Å². The third kappa shape index (κ3) is 4.90. The van der Waals surface area contributed by atoms with Gasteiger partial charge >= 0.3 is 0 Å². The minimum Gasteiger partial charge on any atom is -0.492 e. The molecule has 0 saturated carbocycles. The minimum absolute atomic E-state index is 0.186. The standard InChI is InChI=1S/C15H22BrFO4/c1-4-12(18)11-9-13(19-3)15(10(2)14(11)17)21-8-7-20-6-5-16/h13H,4-9H2,1-3H3. The van der Waals surface area contributed by atoms with Crippen molar-refractivity contribution in [2.24, 2.45) is 0 Å². The number of Topliss-reactive ketones (excluding diaryl/α,β-unsaturated/α-hetero) is 1. The van der Waals surface area contributed by atoms with Crippen molar-refractivity contribution in [3.8, 4) is 0 Å². The predicted octanol–water partition coefficient (Wildman–Crippen LogP) is 3.31. The molecule has 1 unspecified atom stereocenters. The topological polar surface area (TPSA) is 44.8 Å². The van der Waals surface area contributed by atoms with E-state index in [2.05, 4.69) is 15.9 Å². The van der Waals surface area contributed by atoms with Gasteiger partial charge in [-0.1, -0.05) is 22.9 Å². The maximum Gasteiger partial charge on any atom is 0.161 e. The van der Waals surface area contributed by atoms with Crippen molar-refractivity contribution in [2.75, 3.05) is 32.3 Å². The average Bonchev–Trinajstić information content (AvgIpc) is 2.50. The summed E-state index contributed by atoms with van der Waals surface area (Å²) in [5.41, 5.74) is 0.537. The van der Waals surface area contributed by atoms with E-state index in [9.17, 15) is 9.18 Å². The van der Waals surface area contributed by atoms with Crippen molar-refractivity contribution < 1.29 is 23.4 Å². The molecule has 0 fully saturated rings. The highest BCUT2D eigenvalue weighted by Crippen LogP contribution is 2.34. The van der Waals surface area contributed by atoms with Crippen LogP contribution >= 0.6 is 15.9 Å². The zero-order valence-electron chi connectivity index (χ0n) is 12.7. The summed E-state index contributed by atoms with van der Waals surface area (Å²) in [7, 11) is 1.53. The summed E-state index contributed by atoms with van der Waals surface area (Å²) in [5.74, 6) is -0.217. The van der Waals surface area contributed by atoms with Gasteiger partial charge in [0, 0.05) is 36.4 Å². The van der Waals surface area contributed by atoms with Gasteiger partial charge in [0.05, 0.1) is 13.2 Å². The van der Waals surface area contributed by atoms with Crippen LogP contribution in [0.25, 0.3) is 0 Å². The van der Waals surface area contributed by atoms with Crippen molar-refractivity contribution in [1.29, 1.82) is 0 Å². The number of rotatable bonds is 9. The smallest absolute Gasteiger partial charge is 0.161 e. The first-order chi connectivity index (χ1) is 10.1. The third-order valence-electron chi connectivity index (χ3n) is 3.29. The molecule has 0 aromatic carbocycles. The Balaban J connectivity index is 2.80. The zero-order valence-corrected chi connectivity index (χ0v) is 14.3. The summed E-state index contributed by atoms with van der Waals surface area (Å²) in [4.78, 5) is 11.8. The molecular formula is C15H22BrFO4. The lowest BCUT2D eigenvalue weighted by atomic mass is 9.91. The van der Waals surface area contributed by atoms with Gasteiger partial charge in [-0.3, -0.25) is 4.79 Å². The fourth-order valence-electron chi connectivity index (χ4n) is 2.15. The lowest BCUT2D eigenvalue weighted by Crippen LogP contribution is -2.26. The molecule has 0 aromatic rings. The van der Waals surface area contributed by atoms with Crippen molar-refractivity contribution in [1.82, 2.24) is 0 Å². The fourth-order valence-corrected chi connectivity index (χ4v) is 2.38. The largest absolute Gasteiger partial charge is 0.492 e. The molecule has 0 amide bonds. The van der Waals surface area contributed by atoms with E-state index < -0.39 is 11.9 Å². The van der Waals surface area contributed by atoms with Gasteiger partial charge in [0.15, 0.2) is 5.78 Å². The van der Waals surface area contributed by atoms with E-state index in [1.807, 2.05) is 0 Å². The quantitative estimate of drug-likeness (QED) is 0.465. The summed E-state index contributed by atoms with van der Waals surface area (Å²) in [6.07, 6.45) is 0.0682. The second kappa shape index (κ2) is 9.33. The Hall–Kier alpha value is -0.720. The van der Waals surface area contributed by atoms with Crippen molar-refractivity contribution in [3.63, 3.8) is 0 Å². The van der Waals surface area contributed by atoms with E-state index in [0.29, 0.717) is 31.2 Å². The van der Waals surface area contributed by atoms with E-state index in [1.165, 1.54) is 7.11 Å². The van der Waals surface area contributed by atoms with Gasteiger partial charge in [-0.25, -0.2) is 4.39 Å². The Morgan fingerprint density at radius 3 is 2.67 bits per heavy atom. The van der Waals surface area contributed by atoms with Crippen molar-refractivity contribution in [3.05, 3.63) is 22.7 Å². The van der Waals surface area contributed by atoms with Gasteiger partial charge in [0.1, 0.15) is 24.3 Å². The summed E-state index contributed by atoms with van der Waals surface area (Å²) >= 11 is 3.26. The van der Waals surface area contributed by atoms with Crippen LogP contribution < -0.4 is 0 Å². The number of methoxy groups -OCH3 is 1. The van der Waals surface area contributed by atoms with Gasteiger partial charge in [-0.2, -0.15) is 0 Å². The Morgan fingerprint density at radius 1 is 1.38 bits per heavy atom. The van der Waals surface area contributed by atoms with Gasteiger partial charge in [0.2, 0.25) is 0 Å². The average molecular weight is 365 g/mol. The molecular weight excluding hydrogens is 343 g/mol. The number of ether oxygens (including phenoxy) is 3. The van der Waals surface area contributed by atoms with Crippen LogP contribution in [-0.2, 0) is 19.0 Å². The van der Waals surface area contributed by atoms with Crippen LogP contribution in [0.5, 0.6) is 0 Å². The summed E-state index contributed by atoms with van der Waals surface area (Å²) in [6, 6.07) is 0. The van der Waals surface area contributed by atoms with E-state index in [-0.39, 0.29) is 24.2 Å². The number of carbonyl (C=O) groups is 1. The Bertz CT molecular complexity index is 431. The summed E-state index contributed by atoms with van der Waals surface area (Å²) in [5, 5.41) is 0.759. The molecule has 0 bridgehead atoms. The molecule has 1 atom stereocenters. The molecule has 1 aliphatic rings. The molecule has 6 heteroatoms. The fraction of sp³-hybridized carbons (Fsp3) is 0.667. The maximum absolute atomic E-state index is 14.3. The van der Waals surface area contributed by atoms with Crippen LogP contribution in [-0.4, -0.2) is 44.1 Å². The minimum atomic E-state index is -0.480. The second-order valence-corrected chi connectivity index (χ2v) is 5.43. The molecule has 1 rings (SSSR count). The Labute approximate surface area is 133 Å². The molecule has 120 valence electrons.